The van der Waals surface area contributed by atoms with Crippen LogP contribution >= 0.6 is 0 Å². The van der Waals surface area contributed by atoms with E-state index < -0.39 is 0 Å². The van der Waals surface area contributed by atoms with Gasteiger partial charge in [0.25, 0.3) is 0 Å². The number of benzene rings is 3. The standard InChI is InChI=1S/C17H14O4.C12H17NO/c1-9-17-13-5-3-10(18)6-15(13)20-8-14(17)12-4-2-11(19)7-16(12)21-9;1-2-6-12(7-3-1)14-11-10-13-8-4-5-9-13/h2-7,9,18-19H,8H2,1H3;1-3,6-7H,4-5,8-11H2. The molecule has 0 spiro atoms. The number of likely N-dealkylation sites (tertiary alicyclic amines) is 1. The van der Waals surface area contributed by atoms with Crippen molar-refractivity contribution in [2.24, 2.45) is 0 Å². The van der Waals surface area contributed by atoms with Crippen molar-refractivity contribution < 1.29 is 24.4 Å². The van der Waals surface area contributed by atoms with E-state index in [0.29, 0.717) is 18.1 Å². The second kappa shape index (κ2) is 10.3. The molecule has 1 atom stereocenters. The number of para-hydroxylation sites is 1. The number of rotatable bonds is 4. The highest BCUT2D eigenvalue weighted by atomic mass is 16.5. The van der Waals surface area contributed by atoms with Crippen molar-refractivity contribution in [3.63, 3.8) is 0 Å². The van der Waals surface area contributed by atoms with Gasteiger partial charge in [-0.2, -0.15) is 0 Å². The van der Waals surface area contributed by atoms with Gasteiger partial charge < -0.3 is 24.4 Å². The zero-order valence-corrected chi connectivity index (χ0v) is 19.9. The van der Waals surface area contributed by atoms with Crippen LogP contribution < -0.4 is 14.2 Å². The van der Waals surface area contributed by atoms with Gasteiger partial charge in [0.1, 0.15) is 48.1 Å². The molecule has 0 amide bonds. The average Bonchev–Trinajstić information content (AvgIpc) is 3.38. The molecule has 6 heteroatoms. The number of aromatic hydroxyl groups is 2. The molecule has 3 aliphatic rings. The molecule has 1 fully saturated rings. The Morgan fingerprint density at radius 1 is 0.886 bits per heavy atom. The second-order valence-electron chi connectivity index (χ2n) is 9.01. The molecule has 0 saturated carbocycles. The Kier molecular flexibility index (Phi) is 6.82. The Morgan fingerprint density at radius 2 is 1.57 bits per heavy atom. The van der Waals surface area contributed by atoms with Gasteiger partial charge in [-0.1, -0.05) is 18.2 Å². The lowest BCUT2D eigenvalue weighted by Crippen LogP contribution is -2.25. The maximum absolute atomic E-state index is 9.60. The van der Waals surface area contributed by atoms with Crippen LogP contribution in [0.3, 0.4) is 0 Å². The first-order valence-electron chi connectivity index (χ1n) is 12.2. The lowest BCUT2D eigenvalue weighted by molar-refractivity contribution is 0.238. The Bertz CT molecular complexity index is 1200. The first kappa shape index (κ1) is 23.1. The van der Waals surface area contributed by atoms with Gasteiger partial charge in [0.2, 0.25) is 0 Å². The fourth-order valence-corrected chi connectivity index (χ4v) is 4.85. The third-order valence-electron chi connectivity index (χ3n) is 6.57. The van der Waals surface area contributed by atoms with Crippen molar-refractivity contribution in [1.82, 2.24) is 4.90 Å². The summed E-state index contributed by atoms with van der Waals surface area (Å²) in [5.74, 6) is 2.70. The van der Waals surface area contributed by atoms with Crippen molar-refractivity contribution in [3.8, 4) is 28.7 Å². The van der Waals surface area contributed by atoms with E-state index in [2.05, 4.69) is 4.90 Å². The average molecular weight is 474 g/mol. The molecule has 6 nitrogen and oxygen atoms in total. The minimum absolute atomic E-state index is 0.138. The Hall–Kier alpha value is -3.64. The molecule has 3 heterocycles. The molecule has 3 aliphatic heterocycles. The highest BCUT2D eigenvalue weighted by molar-refractivity contribution is 5.99. The van der Waals surface area contributed by atoms with Crippen LogP contribution in [-0.2, 0) is 0 Å². The molecular formula is C29H31NO5. The number of phenols is 2. The normalized spacial score (nSPS) is 18.3. The van der Waals surface area contributed by atoms with Crippen molar-refractivity contribution in [2.45, 2.75) is 25.9 Å². The van der Waals surface area contributed by atoms with Crippen LogP contribution in [0, 0.1) is 0 Å². The minimum atomic E-state index is -0.138. The molecule has 182 valence electrons. The monoisotopic (exact) mass is 473 g/mol. The molecule has 0 aromatic heterocycles. The zero-order chi connectivity index (χ0) is 24.2. The fraction of sp³-hybridized carbons (Fsp3) is 0.310. The molecule has 35 heavy (non-hydrogen) atoms. The summed E-state index contributed by atoms with van der Waals surface area (Å²) in [7, 11) is 0. The van der Waals surface area contributed by atoms with Gasteiger partial charge in [-0.3, -0.25) is 4.90 Å². The van der Waals surface area contributed by atoms with E-state index >= 15 is 0 Å². The van der Waals surface area contributed by atoms with E-state index in [1.807, 2.05) is 49.4 Å². The van der Waals surface area contributed by atoms with E-state index in [9.17, 15) is 10.2 Å². The summed E-state index contributed by atoms with van der Waals surface area (Å²) in [6, 6.07) is 20.3. The quantitative estimate of drug-likeness (QED) is 0.533. The summed E-state index contributed by atoms with van der Waals surface area (Å²) in [5, 5.41) is 19.2. The van der Waals surface area contributed by atoms with Crippen LogP contribution in [0.15, 0.2) is 66.7 Å². The molecule has 0 aliphatic carbocycles. The number of hydrogen-bond donors (Lipinski definition) is 2. The third kappa shape index (κ3) is 5.23. The van der Waals surface area contributed by atoms with Gasteiger partial charge in [-0.15, -0.1) is 0 Å². The number of nitrogens with zero attached hydrogens (tertiary/aromatic N) is 1. The summed E-state index contributed by atoms with van der Waals surface area (Å²) >= 11 is 0. The van der Waals surface area contributed by atoms with Crippen molar-refractivity contribution in [2.75, 3.05) is 32.8 Å². The van der Waals surface area contributed by atoms with Crippen molar-refractivity contribution in [1.29, 1.82) is 0 Å². The Morgan fingerprint density at radius 3 is 2.31 bits per heavy atom. The summed E-state index contributed by atoms with van der Waals surface area (Å²) in [6.45, 7) is 6.77. The largest absolute Gasteiger partial charge is 0.508 e. The zero-order valence-electron chi connectivity index (χ0n) is 19.9. The fourth-order valence-electron chi connectivity index (χ4n) is 4.85. The van der Waals surface area contributed by atoms with E-state index in [4.69, 9.17) is 14.2 Å². The van der Waals surface area contributed by atoms with Crippen LogP contribution in [0.25, 0.3) is 11.1 Å². The Labute approximate surface area is 206 Å². The lowest BCUT2D eigenvalue weighted by Gasteiger charge is -2.33. The molecular weight excluding hydrogens is 442 g/mol. The molecule has 2 N–H and O–H groups in total. The summed E-state index contributed by atoms with van der Waals surface area (Å²) in [5.41, 5.74) is 4.04. The van der Waals surface area contributed by atoms with Gasteiger partial charge in [0.05, 0.1) is 0 Å². The van der Waals surface area contributed by atoms with Gasteiger partial charge >= 0.3 is 0 Å². The van der Waals surface area contributed by atoms with Crippen LogP contribution in [0.5, 0.6) is 28.7 Å². The topological polar surface area (TPSA) is 71.4 Å². The minimum Gasteiger partial charge on any atom is -0.508 e. The van der Waals surface area contributed by atoms with E-state index in [0.717, 1.165) is 41.2 Å². The molecule has 1 unspecified atom stereocenters. The van der Waals surface area contributed by atoms with Crippen molar-refractivity contribution in [3.05, 3.63) is 77.9 Å². The summed E-state index contributed by atoms with van der Waals surface area (Å²) in [6.07, 6.45) is 2.57. The molecule has 3 aromatic rings. The predicted octanol–water partition coefficient (Wildman–Crippen LogP) is 5.34. The molecule has 6 rings (SSSR count). The summed E-state index contributed by atoms with van der Waals surface area (Å²) in [4.78, 5) is 2.46. The maximum atomic E-state index is 9.60. The number of phenolic OH excluding ortho intramolecular Hbond substituents is 2. The Balaban J connectivity index is 0.000000158. The molecule has 0 radical (unpaired) electrons. The smallest absolute Gasteiger partial charge is 0.131 e. The van der Waals surface area contributed by atoms with Gasteiger partial charge in [-0.25, -0.2) is 0 Å². The van der Waals surface area contributed by atoms with Gasteiger partial charge in [-0.05, 0) is 69.3 Å². The number of hydrogen-bond acceptors (Lipinski definition) is 6. The van der Waals surface area contributed by atoms with Crippen LogP contribution in [0.4, 0.5) is 0 Å². The second-order valence-corrected chi connectivity index (χ2v) is 9.01. The van der Waals surface area contributed by atoms with Crippen LogP contribution in [0.1, 0.15) is 30.9 Å². The lowest BCUT2D eigenvalue weighted by atomic mass is 9.87. The van der Waals surface area contributed by atoms with Crippen molar-refractivity contribution >= 4 is 11.1 Å². The van der Waals surface area contributed by atoms with E-state index in [1.54, 1.807) is 24.3 Å². The molecule has 1 saturated heterocycles. The highest BCUT2D eigenvalue weighted by Crippen LogP contribution is 2.47. The van der Waals surface area contributed by atoms with E-state index in [1.165, 1.54) is 25.9 Å². The van der Waals surface area contributed by atoms with Gasteiger partial charge in [0, 0.05) is 41.0 Å². The first-order chi connectivity index (χ1) is 17.1. The first-order valence-corrected chi connectivity index (χ1v) is 12.2. The third-order valence-corrected chi connectivity index (χ3v) is 6.57. The van der Waals surface area contributed by atoms with Crippen LogP contribution in [0.2, 0.25) is 0 Å². The predicted molar refractivity (Wildman–Crippen MR) is 136 cm³/mol. The van der Waals surface area contributed by atoms with E-state index in [-0.39, 0.29) is 17.6 Å². The molecule has 0 bridgehead atoms. The van der Waals surface area contributed by atoms with Gasteiger partial charge in [0.15, 0.2) is 0 Å². The summed E-state index contributed by atoms with van der Waals surface area (Å²) < 4.78 is 17.3. The number of ether oxygens (including phenoxy) is 3. The maximum Gasteiger partial charge on any atom is 0.131 e. The SMILES string of the molecule is CC1Oc2cc(O)ccc2C2=C1c1ccc(O)cc1OC2.c1ccc(OCCN2CCCC2)cc1. The highest BCUT2D eigenvalue weighted by Gasteiger charge is 2.32. The van der Waals surface area contributed by atoms with Crippen LogP contribution in [-0.4, -0.2) is 54.1 Å². The molecule has 3 aromatic carbocycles. The number of fused-ring (bicyclic) bond motifs is 4.